The summed E-state index contributed by atoms with van der Waals surface area (Å²) in [5.41, 5.74) is 2.04. The first-order valence-electron chi connectivity index (χ1n) is 7.31. The fourth-order valence-electron chi connectivity index (χ4n) is 3.66. The minimum absolute atomic E-state index is 0.118. The fraction of sp³-hybridized carbons (Fsp3) is 0.222. The zero-order valence-corrected chi connectivity index (χ0v) is 13.3. The van der Waals surface area contributed by atoms with Crippen LogP contribution >= 0.6 is 15.9 Å². The normalized spacial score (nSPS) is 25.5. The average molecular weight is 362 g/mol. The summed E-state index contributed by atoms with van der Waals surface area (Å²) in [5, 5.41) is 3.25. The third-order valence-corrected chi connectivity index (χ3v) is 5.08. The van der Waals surface area contributed by atoms with Gasteiger partial charge in [0.1, 0.15) is 11.6 Å². The summed E-state index contributed by atoms with van der Waals surface area (Å²) >= 11 is 3.36. The molecule has 2 aromatic carbocycles. The Labute approximate surface area is 136 Å². The van der Waals surface area contributed by atoms with Crippen molar-refractivity contribution in [1.29, 1.82) is 0 Å². The molecule has 4 rings (SSSR count). The first-order chi connectivity index (χ1) is 10.6. The van der Waals surface area contributed by atoms with Gasteiger partial charge in [-0.05, 0) is 36.1 Å². The van der Waals surface area contributed by atoms with Crippen LogP contribution in [0.1, 0.15) is 29.5 Å². The van der Waals surface area contributed by atoms with Gasteiger partial charge in [0, 0.05) is 16.0 Å². The van der Waals surface area contributed by atoms with Crippen molar-refractivity contribution in [3.05, 3.63) is 75.8 Å². The predicted molar refractivity (Wildman–Crippen MR) is 86.9 cm³/mol. The molecule has 0 saturated carbocycles. The van der Waals surface area contributed by atoms with E-state index in [1.165, 1.54) is 12.1 Å². The van der Waals surface area contributed by atoms with Gasteiger partial charge < -0.3 is 5.32 Å². The summed E-state index contributed by atoms with van der Waals surface area (Å²) in [6, 6.07) is 9.93. The molecule has 1 N–H and O–H groups in total. The van der Waals surface area contributed by atoms with Crippen molar-refractivity contribution in [3.63, 3.8) is 0 Å². The second kappa shape index (κ2) is 5.20. The van der Waals surface area contributed by atoms with E-state index < -0.39 is 0 Å². The predicted octanol–water partition coefficient (Wildman–Crippen LogP) is 5.55. The number of fused-ring (bicyclic) bond motifs is 3. The largest absolute Gasteiger partial charge is 0.375 e. The highest BCUT2D eigenvalue weighted by Crippen LogP contribution is 2.51. The van der Waals surface area contributed by atoms with Gasteiger partial charge in [0.2, 0.25) is 0 Å². The topological polar surface area (TPSA) is 12.0 Å². The molecule has 0 fully saturated rings. The van der Waals surface area contributed by atoms with Crippen molar-refractivity contribution in [2.75, 3.05) is 5.32 Å². The first-order valence-corrected chi connectivity index (χ1v) is 8.11. The van der Waals surface area contributed by atoms with E-state index in [4.69, 9.17) is 0 Å². The lowest BCUT2D eigenvalue weighted by Gasteiger charge is -2.37. The quantitative estimate of drug-likeness (QED) is 0.656. The monoisotopic (exact) mass is 361 g/mol. The number of hydrogen-bond acceptors (Lipinski definition) is 1. The zero-order valence-electron chi connectivity index (χ0n) is 11.7. The minimum atomic E-state index is -0.301. The van der Waals surface area contributed by atoms with Crippen LogP contribution in [-0.2, 0) is 0 Å². The summed E-state index contributed by atoms with van der Waals surface area (Å²) in [7, 11) is 0. The van der Waals surface area contributed by atoms with Crippen molar-refractivity contribution in [1.82, 2.24) is 0 Å². The Morgan fingerprint density at radius 3 is 2.68 bits per heavy atom. The summed E-state index contributed by atoms with van der Waals surface area (Å²) in [6.45, 7) is 0. The number of halogens is 3. The van der Waals surface area contributed by atoms with Gasteiger partial charge >= 0.3 is 0 Å². The lowest BCUT2D eigenvalue weighted by atomic mass is 9.77. The molecule has 1 heterocycles. The van der Waals surface area contributed by atoms with Crippen LogP contribution < -0.4 is 5.32 Å². The Morgan fingerprint density at radius 2 is 1.86 bits per heavy atom. The van der Waals surface area contributed by atoms with Crippen LogP contribution in [0.4, 0.5) is 14.5 Å². The van der Waals surface area contributed by atoms with Crippen molar-refractivity contribution in [3.8, 4) is 0 Å². The smallest absolute Gasteiger partial charge is 0.147 e. The molecule has 22 heavy (non-hydrogen) atoms. The van der Waals surface area contributed by atoms with Crippen LogP contribution in [0.3, 0.4) is 0 Å². The van der Waals surface area contributed by atoms with Gasteiger partial charge in [0.25, 0.3) is 0 Å². The van der Waals surface area contributed by atoms with Crippen LogP contribution in [0.2, 0.25) is 0 Å². The van der Waals surface area contributed by atoms with Gasteiger partial charge in [-0.3, -0.25) is 0 Å². The van der Waals surface area contributed by atoms with Gasteiger partial charge in [-0.2, -0.15) is 0 Å². The number of hydrogen-bond donors (Lipinski definition) is 1. The number of anilines is 1. The van der Waals surface area contributed by atoms with Gasteiger partial charge in [-0.15, -0.1) is 0 Å². The maximum Gasteiger partial charge on any atom is 0.147 e. The number of rotatable bonds is 1. The third-order valence-electron chi connectivity index (χ3n) is 4.63. The molecule has 1 nitrogen and oxygen atoms in total. The molecule has 0 spiro atoms. The van der Waals surface area contributed by atoms with Crippen LogP contribution in [0.15, 0.2) is 53.0 Å². The summed E-state index contributed by atoms with van der Waals surface area (Å²) in [6.07, 6.45) is 5.09. The van der Waals surface area contributed by atoms with E-state index in [1.54, 1.807) is 12.1 Å². The fourth-order valence-corrected chi connectivity index (χ4v) is 4.10. The van der Waals surface area contributed by atoms with Crippen molar-refractivity contribution < 1.29 is 8.78 Å². The molecular formula is C18H14BrF2N. The highest BCUT2D eigenvalue weighted by Gasteiger charge is 2.39. The summed E-state index contributed by atoms with van der Waals surface area (Å²) in [4.78, 5) is 0. The van der Waals surface area contributed by atoms with E-state index >= 15 is 0 Å². The molecule has 0 aromatic heterocycles. The van der Waals surface area contributed by atoms with Crippen LogP contribution in [-0.4, -0.2) is 0 Å². The van der Waals surface area contributed by atoms with Crippen LogP contribution in [0.5, 0.6) is 0 Å². The SMILES string of the molecule is Fc1ccccc1[C@@H]1Nc2c(F)cc(Br)cc2[C@H]2C=CC[C@H]21. The Hall–Kier alpha value is -1.68. The molecule has 112 valence electrons. The van der Waals surface area contributed by atoms with Crippen molar-refractivity contribution in [2.45, 2.75) is 18.4 Å². The van der Waals surface area contributed by atoms with Crippen molar-refractivity contribution >= 4 is 21.6 Å². The highest BCUT2D eigenvalue weighted by atomic mass is 79.9. The maximum atomic E-state index is 14.4. The maximum absolute atomic E-state index is 14.4. The van der Waals surface area contributed by atoms with E-state index in [1.807, 2.05) is 12.1 Å². The third kappa shape index (κ3) is 2.09. The second-order valence-corrected chi connectivity index (χ2v) is 6.76. The van der Waals surface area contributed by atoms with E-state index in [0.29, 0.717) is 11.3 Å². The summed E-state index contributed by atoms with van der Waals surface area (Å²) < 4.78 is 29.3. The van der Waals surface area contributed by atoms with Gasteiger partial charge in [-0.25, -0.2) is 8.78 Å². The first kappa shape index (κ1) is 13.9. The lowest BCUT2D eigenvalue weighted by Crippen LogP contribution is -2.30. The molecule has 0 radical (unpaired) electrons. The van der Waals surface area contributed by atoms with E-state index in [-0.39, 0.29) is 29.5 Å². The Bertz CT molecular complexity index is 772. The number of allylic oxidation sites excluding steroid dienone is 2. The number of benzene rings is 2. The molecule has 3 atom stereocenters. The molecule has 1 aliphatic heterocycles. The van der Waals surface area contributed by atoms with E-state index in [9.17, 15) is 8.78 Å². The van der Waals surface area contributed by atoms with Crippen LogP contribution in [0.25, 0.3) is 0 Å². The zero-order chi connectivity index (χ0) is 15.3. The van der Waals surface area contributed by atoms with Gasteiger partial charge in [-0.1, -0.05) is 46.3 Å². The molecule has 4 heteroatoms. The molecule has 0 amide bonds. The van der Waals surface area contributed by atoms with Crippen molar-refractivity contribution in [2.24, 2.45) is 5.92 Å². The Morgan fingerprint density at radius 1 is 1.05 bits per heavy atom. The molecular weight excluding hydrogens is 348 g/mol. The molecule has 2 aliphatic rings. The Balaban J connectivity index is 1.86. The van der Waals surface area contributed by atoms with Gasteiger partial charge in [0.15, 0.2) is 0 Å². The molecule has 0 saturated heterocycles. The van der Waals surface area contributed by atoms with E-state index in [2.05, 4.69) is 33.4 Å². The number of nitrogens with one attached hydrogen (secondary N) is 1. The average Bonchev–Trinajstić information content (AvgIpc) is 2.97. The second-order valence-electron chi connectivity index (χ2n) is 5.85. The van der Waals surface area contributed by atoms with E-state index in [0.717, 1.165) is 16.5 Å². The Kier molecular flexibility index (Phi) is 3.30. The highest BCUT2D eigenvalue weighted by molar-refractivity contribution is 9.10. The van der Waals surface area contributed by atoms with Gasteiger partial charge in [0.05, 0.1) is 11.7 Å². The molecule has 0 bridgehead atoms. The molecule has 0 unspecified atom stereocenters. The standard InChI is InChI=1S/C18H14BrF2N/c19-10-8-14-11-5-3-6-12(11)17(22-18(14)16(21)9-10)13-4-1-2-7-15(13)20/h1-5,7-9,11-12,17,22H,6H2/t11-,12+,17+/m0/s1. The molecule has 2 aromatic rings. The van der Waals surface area contributed by atoms with Crippen LogP contribution in [0, 0.1) is 17.6 Å². The minimum Gasteiger partial charge on any atom is -0.375 e. The molecule has 1 aliphatic carbocycles. The lowest BCUT2D eigenvalue weighted by molar-refractivity contribution is 0.409. The summed E-state index contributed by atoms with van der Waals surface area (Å²) in [5.74, 6) is -0.220.